The summed E-state index contributed by atoms with van der Waals surface area (Å²) in [5.41, 5.74) is 7.40. The van der Waals surface area contributed by atoms with Crippen molar-refractivity contribution in [3.05, 3.63) is 95.0 Å². The van der Waals surface area contributed by atoms with Crippen molar-refractivity contribution in [2.45, 2.75) is 38.3 Å². The third-order valence-electron chi connectivity index (χ3n) is 5.60. The van der Waals surface area contributed by atoms with Crippen LogP contribution in [0.5, 0.6) is 0 Å². The molecule has 0 unspecified atom stereocenters. The average Bonchev–Trinajstić information content (AvgIpc) is 3.30. The molecule has 0 saturated carbocycles. The fraction of sp³-hybridized carbons (Fsp3) is 0.214. The van der Waals surface area contributed by atoms with Gasteiger partial charge in [-0.3, -0.25) is 9.36 Å². The van der Waals surface area contributed by atoms with Gasteiger partial charge in [-0.15, -0.1) is 10.2 Å². The number of para-hydroxylation sites is 1. The first-order valence-corrected chi connectivity index (χ1v) is 12.9. The van der Waals surface area contributed by atoms with Crippen LogP contribution in [0.25, 0.3) is 17.1 Å². The SMILES string of the molecule is C/C(=N/NC(=O)CSc1nnc(-c2ccc(C(C)(C)C)cc2)n1-c1ccccc1)c1ccc(Cl)cc1. The molecule has 1 aromatic heterocycles. The lowest BCUT2D eigenvalue weighted by molar-refractivity contribution is -0.118. The standard InChI is InChI=1S/C28H28ClN5OS/c1-19(20-12-16-23(29)17-13-20)30-31-25(35)18-36-27-33-32-26(34(27)24-8-6-5-7-9-24)21-10-14-22(15-11-21)28(2,3)4/h5-17H,18H2,1-4H3,(H,31,35)/b30-19-. The number of hydrogen-bond acceptors (Lipinski definition) is 5. The van der Waals surface area contributed by atoms with E-state index in [0.29, 0.717) is 15.9 Å². The number of aromatic nitrogens is 3. The van der Waals surface area contributed by atoms with Crippen molar-refractivity contribution in [2.75, 3.05) is 5.75 Å². The molecule has 0 saturated heterocycles. The fourth-order valence-electron chi connectivity index (χ4n) is 3.54. The summed E-state index contributed by atoms with van der Waals surface area (Å²) in [6, 6.07) is 25.6. The van der Waals surface area contributed by atoms with Crippen molar-refractivity contribution in [3.63, 3.8) is 0 Å². The lowest BCUT2D eigenvalue weighted by atomic mass is 9.87. The average molecular weight is 518 g/mol. The van der Waals surface area contributed by atoms with E-state index in [1.165, 1.54) is 17.3 Å². The number of halogens is 1. The second-order valence-electron chi connectivity index (χ2n) is 9.33. The number of nitrogens with zero attached hydrogens (tertiary/aromatic N) is 4. The van der Waals surface area contributed by atoms with Crippen LogP contribution in [0.1, 0.15) is 38.8 Å². The van der Waals surface area contributed by atoms with Crippen LogP contribution in [0.4, 0.5) is 0 Å². The molecule has 0 fully saturated rings. The highest BCUT2D eigenvalue weighted by Gasteiger charge is 2.19. The van der Waals surface area contributed by atoms with Gasteiger partial charge in [-0.2, -0.15) is 5.10 Å². The number of thioether (sulfide) groups is 1. The van der Waals surface area contributed by atoms with E-state index in [9.17, 15) is 4.79 Å². The summed E-state index contributed by atoms with van der Waals surface area (Å²) in [5, 5.41) is 14.4. The predicted octanol–water partition coefficient (Wildman–Crippen LogP) is 6.52. The van der Waals surface area contributed by atoms with Crippen LogP contribution in [0.15, 0.2) is 89.1 Å². The summed E-state index contributed by atoms with van der Waals surface area (Å²) < 4.78 is 1.98. The molecule has 0 aliphatic rings. The van der Waals surface area contributed by atoms with Crippen molar-refractivity contribution in [2.24, 2.45) is 5.10 Å². The lowest BCUT2D eigenvalue weighted by Gasteiger charge is -2.19. The van der Waals surface area contributed by atoms with E-state index in [-0.39, 0.29) is 17.1 Å². The molecule has 1 N–H and O–H groups in total. The van der Waals surface area contributed by atoms with Gasteiger partial charge in [-0.1, -0.05) is 98.7 Å². The number of hydrogen-bond donors (Lipinski definition) is 1. The van der Waals surface area contributed by atoms with Gasteiger partial charge in [0, 0.05) is 16.3 Å². The zero-order chi connectivity index (χ0) is 25.7. The summed E-state index contributed by atoms with van der Waals surface area (Å²) in [4.78, 5) is 12.5. The molecule has 0 aliphatic heterocycles. The highest BCUT2D eigenvalue weighted by molar-refractivity contribution is 7.99. The van der Waals surface area contributed by atoms with Gasteiger partial charge in [0.05, 0.1) is 11.5 Å². The molecular weight excluding hydrogens is 490 g/mol. The van der Waals surface area contributed by atoms with E-state index in [0.717, 1.165) is 22.6 Å². The van der Waals surface area contributed by atoms with Gasteiger partial charge in [-0.05, 0) is 47.7 Å². The summed E-state index contributed by atoms with van der Waals surface area (Å²) >= 11 is 7.25. The number of carbonyl (C=O) groups excluding carboxylic acids is 1. The zero-order valence-corrected chi connectivity index (χ0v) is 22.3. The van der Waals surface area contributed by atoms with Crippen molar-refractivity contribution in [1.82, 2.24) is 20.2 Å². The first-order valence-electron chi connectivity index (χ1n) is 11.6. The maximum absolute atomic E-state index is 12.5. The topological polar surface area (TPSA) is 72.2 Å². The Labute approximate surface area is 220 Å². The Hall–Kier alpha value is -3.42. The fourth-order valence-corrected chi connectivity index (χ4v) is 4.41. The van der Waals surface area contributed by atoms with Crippen LogP contribution < -0.4 is 5.43 Å². The normalized spacial score (nSPS) is 12.0. The van der Waals surface area contributed by atoms with Gasteiger partial charge in [0.25, 0.3) is 5.91 Å². The van der Waals surface area contributed by atoms with Gasteiger partial charge in [0.2, 0.25) is 0 Å². The maximum atomic E-state index is 12.5. The molecule has 0 bridgehead atoms. The summed E-state index contributed by atoms with van der Waals surface area (Å²) in [5.74, 6) is 0.638. The third-order valence-corrected chi connectivity index (χ3v) is 6.78. The molecule has 4 rings (SSSR count). The molecule has 0 aliphatic carbocycles. The predicted molar refractivity (Wildman–Crippen MR) is 148 cm³/mol. The van der Waals surface area contributed by atoms with Crippen molar-refractivity contribution in [3.8, 4) is 17.1 Å². The molecule has 3 aromatic carbocycles. The Balaban J connectivity index is 1.53. The minimum absolute atomic E-state index is 0.0639. The maximum Gasteiger partial charge on any atom is 0.250 e. The summed E-state index contributed by atoms with van der Waals surface area (Å²) in [6.07, 6.45) is 0. The molecule has 0 spiro atoms. The molecule has 0 atom stereocenters. The Morgan fingerprint density at radius 3 is 2.28 bits per heavy atom. The van der Waals surface area contributed by atoms with Gasteiger partial charge in [0.1, 0.15) is 0 Å². The molecule has 6 nitrogen and oxygen atoms in total. The Morgan fingerprint density at radius 2 is 1.64 bits per heavy atom. The van der Waals surface area contributed by atoms with Crippen LogP contribution in [0.3, 0.4) is 0 Å². The van der Waals surface area contributed by atoms with E-state index < -0.39 is 0 Å². The van der Waals surface area contributed by atoms with E-state index >= 15 is 0 Å². The zero-order valence-electron chi connectivity index (χ0n) is 20.7. The quantitative estimate of drug-likeness (QED) is 0.172. The molecule has 1 amide bonds. The number of benzene rings is 3. The Bertz CT molecular complexity index is 1360. The van der Waals surface area contributed by atoms with E-state index in [1.54, 1.807) is 12.1 Å². The van der Waals surface area contributed by atoms with Crippen molar-refractivity contribution >= 4 is 35.0 Å². The number of hydrazone groups is 1. The van der Waals surface area contributed by atoms with Gasteiger partial charge < -0.3 is 0 Å². The second-order valence-corrected chi connectivity index (χ2v) is 10.7. The first-order chi connectivity index (χ1) is 17.2. The minimum atomic E-state index is -0.230. The largest absolute Gasteiger partial charge is 0.272 e. The van der Waals surface area contributed by atoms with Gasteiger partial charge >= 0.3 is 0 Å². The van der Waals surface area contributed by atoms with Gasteiger partial charge in [-0.25, -0.2) is 5.43 Å². The lowest BCUT2D eigenvalue weighted by Crippen LogP contribution is -2.21. The minimum Gasteiger partial charge on any atom is -0.272 e. The van der Waals surface area contributed by atoms with Crippen LogP contribution >= 0.6 is 23.4 Å². The Kier molecular flexibility index (Phi) is 7.91. The van der Waals surface area contributed by atoms with Crippen molar-refractivity contribution < 1.29 is 4.79 Å². The molecule has 184 valence electrons. The second kappa shape index (κ2) is 11.1. The monoisotopic (exact) mass is 517 g/mol. The van der Waals surface area contributed by atoms with Crippen LogP contribution in [0, 0.1) is 0 Å². The number of rotatable bonds is 7. The summed E-state index contributed by atoms with van der Waals surface area (Å²) in [6.45, 7) is 8.40. The third kappa shape index (κ3) is 6.22. The smallest absolute Gasteiger partial charge is 0.250 e. The van der Waals surface area contributed by atoms with Crippen molar-refractivity contribution in [1.29, 1.82) is 0 Å². The molecule has 0 radical (unpaired) electrons. The number of carbonyl (C=O) groups is 1. The molecule has 4 aromatic rings. The molecule has 8 heteroatoms. The number of amides is 1. The van der Waals surface area contributed by atoms with Crippen LogP contribution in [0.2, 0.25) is 5.02 Å². The van der Waals surface area contributed by atoms with E-state index in [2.05, 4.69) is 65.8 Å². The van der Waals surface area contributed by atoms with Gasteiger partial charge in [0.15, 0.2) is 11.0 Å². The van der Waals surface area contributed by atoms with E-state index in [1.807, 2.05) is 54.0 Å². The Morgan fingerprint density at radius 1 is 0.972 bits per heavy atom. The highest BCUT2D eigenvalue weighted by atomic mass is 35.5. The van der Waals surface area contributed by atoms with Crippen LogP contribution in [-0.4, -0.2) is 32.1 Å². The summed E-state index contributed by atoms with van der Waals surface area (Å²) in [7, 11) is 0. The van der Waals surface area contributed by atoms with E-state index in [4.69, 9.17) is 11.6 Å². The first kappa shape index (κ1) is 25.7. The molecular formula is C28H28ClN5OS. The highest BCUT2D eigenvalue weighted by Crippen LogP contribution is 2.30. The molecule has 1 heterocycles. The number of nitrogens with one attached hydrogen (secondary N) is 1. The molecule has 36 heavy (non-hydrogen) atoms. The van der Waals surface area contributed by atoms with Crippen LogP contribution in [-0.2, 0) is 10.2 Å².